The van der Waals surface area contributed by atoms with Crippen LogP contribution in [-0.4, -0.2) is 57.2 Å². The number of benzene rings is 3. The van der Waals surface area contributed by atoms with Crippen LogP contribution in [-0.2, 0) is 30.3 Å². The van der Waals surface area contributed by atoms with Crippen molar-refractivity contribution in [3.05, 3.63) is 81.8 Å². The Morgan fingerprint density at radius 1 is 0.780 bits per heavy atom. The molecule has 4 atom stereocenters. The number of carboxylic acid groups (broad SMARTS) is 3. The van der Waals surface area contributed by atoms with E-state index in [1.54, 1.807) is 36.4 Å². The van der Waals surface area contributed by atoms with Crippen LogP contribution < -0.4 is 5.32 Å². The van der Waals surface area contributed by atoms with E-state index in [2.05, 4.69) is 5.32 Å². The molecule has 4 rings (SSSR count). The van der Waals surface area contributed by atoms with E-state index >= 15 is 0 Å². The number of hydrogen-bond donors (Lipinski definition) is 4. The van der Waals surface area contributed by atoms with Crippen molar-refractivity contribution < 1.29 is 44.0 Å². The van der Waals surface area contributed by atoms with Crippen LogP contribution in [0.25, 0.3) is 10.8 Å². The topological polar surface area (TPSA) is 167 Å². The second kappa shape index (κ2) is 12.2. The van der Waals surface area contributed by atoms with Crippen LogP contribution in [0.3, 0.4) is 0 Å². The van der Waals surface area contributed by atoms with Gasteiger partial charge in [0, 0.05) is 6.42 Å². The van der Waals surface area contributed by atoms with E-state index in [9.17, 15) is 39.3 Å². The summed E-state index contributed by atoms with van der Waals surface area (Å²) in [5.74, 6) is -13.4. The lowest BCUT2D eigenvalue weighted by atomic mass is 9.56. The van der Waals surface area contributed by atoms with Gasteiger partial charge >= 0.3 is 23.9 Å². The van der Waals surface area contributed by atoms with Crippen molar-refractivity contribution in [3.8, 4) is 0 Å². The largest absolute Gasteiger partial charge is 0.481 e. The molecule has 0 heterocycles. The van der Waals surface area contributed by atoms with Crippen LogP contribution in [0.2, 0.25) is 10.0 Å². The summed E-state index contributed by atoms with van der Waals surface area (Å²) in [5.41, 5.74) is 0.861. The third-order valence-electron chi connectivity index (χ3n) is 7.30. The first-order chi connectivity index (χ1) is 19.4. The molecule has 12 heteroatoms. The molecule has 0 saturated heterocycles. The highest BCUT2D eigenvalue weighted by atomic mass is 35.5. The minimum absolute atomic E-state index is 0.0603. The summed E-state index contributed by atoms with van der Waals surface area (Å²) < 4.78 is 5.81. The summed E-state index contributed by atoms with van der Waals surface area (Å²) in [6.45, 7) is 1.51. The van der Waals surface area contributed by atoms with Gasteiger partial charge in [0.1, 0.15) is 6.10 Å². The number of amides is 1. The second-order valence-corrected chi connectivity index (χ2v) is 10.7. The molecule has 3 aromatic carbocycles. The molecule has 10 nitrogen and oxygen atoms in total. The summed E-state index contributed by atoms with van der Waals surface area (Å²) in [7, 11) is 0. The molecule has 1 aliphatic rings. The molecule has 0 spiro atoms. The minimum Gasteiger partial charge on any atom is -0.481 e. The molecule has 1 saturated carbocycles. The highest BCUT2D eigenvalue weighted by Crippen LogP contribution is 2.47. The van der Waals surface area contributed by atoms with Gasteiger partial charge in [-0.3, -0.25) is 19.2 Å². The number of rotatable bonds is 10. The molecule has 0 aromatic heterocycles. The predicted octanol–water partition coefficient (Wildman–Crippen LogP) is 4.15. The van der Waals surface area contributed by atoms with Crippen molar-refractivity contribution >= 4 is 63.8 Å². The molecule has 4 N–H and O–H groups in total. The average molecular weight is 602 g/mol. The van der Waals surface area contributed by atoms with E-state index in [0.717, 1.165) is 10.8 Å². The number of nitrogens with one attached hydrogen (secondary N) is 1. The lowest BCUT2D eigenvalue weighted by Crippen LogP contribution is -2.63. The number of halogens is 2. The van der Waals surface area contributed by atoms with Crippen LogP contribution in [0.15, 0.2) is 60.7 Å². The minimum atomic E-state index is -1.77. The predicted molar refractivity (Wildman–Crippen MR) is 148 cm³/mol. The number of hydrogen-bond acceptors (Lipinski definition) is 6. The van der Waals surface area contributed by atoms with Crippen molar-refractivity contribution in [2.45, 2.75) is 25.5 Å². The zero-order chi connectivity index (χ0) is 30.0. The first-order valence-corrected chi connectivity index (χ1v) is 13.3. The fraction of sp³-hybridized carbons (Fsp3) is 0.276. The zero-order valence-electron chi connectivity index (χ0n) is 21.5. The zero-order valence-corrected chi connectivity index (χ0v) is 23.0. The maximum Gasteiger partial charge on any atom is 0.338 e. The number of esters is 1. The highest BCUT2D eigenvalue weighted by Gasteiger charge is 2.64. The first-order valence-electron chi connectivity index (χ1n) is 12.5. The van der Waals surface area contributed by atoms with Gasteiger partial charge in [-0.25, -0.2) is 4.79 Å². The van der Waals surface area contributed by atoms with E-state index in [1.165, 1.54) is 6.92 Å². The van der Waals surface area contributed by atoms with Crippen LogP contribution in [0.4, 0.5) is 0 Å². The molecule has 0 bridgehead atoms. The third-order valence-corrected chi connectivity index (χ3v) is 8.04. The Hall–Kier alpha value is -4.15. The van der Waals surface area contributed by atoms with E-state index < -0.39 is 65.6 Å². The quantitative estimate of drug-likeness (QED) is 0.249. The van der Waals surface area contributed by atoms with Crippen LogP contribution >= 0.6 is 23.2 Å². The van der Waals surface area contributed by atoms with Gasteiger partial charge in [0.05, 0.1) is 45.3 Å². The normalized spacial score (nSPS) is 21.2. The Morgan fingerprint density at radius 2 is 1.37 bits per heavy atom. The molecular formula is C29H25Cl2NO9. The van der Waals surface area contributed by atoms with Crippen molar-refractivity contribution in [3.63, 3.8) is 0 Å². The first kappa shape index (κ1) is 29.8. The number of fused-ring (bicyclic) bond motifs is 1. The molecule has 214 valence electrons. The van der Waals surface area contributed by atoms with Gasteiger partial charge < -0.3 is 25.4 Å². The van der Waals surface area contributed by atoms with Gasteiger partial charge in [0.25, 0.3) is 0 Å². The standard InChI is InChI=1S/C29H25Cl2NO9/c1-13(32-25(33)21-22(26(34)35)24(28(38)39)23(21)27(36)37)20(11-14-6-9-18(30)19(31)10-14)41-29(40)17-8-7-15-4-2-3-5-16(15)12-17/h2-10,12-13,20-24H,11H2,1H3,(H,32,33)(H,34,35)(H,36,37)(H,38,39)/t13-,20+,21-,22+,23+,24-/m0/s1. The van der Waals surface area contributed by atoms with Gasteiger partial charge in [-0.1, -0.05) is 59.6 Å². The molecular weight excluding hydrogens is 577 g/mol. The van der Waals surface area contributed by atoms with Crippen molar-refractivity contribution in [1.29, 1.82) is 0 Å². The Morgan fingerprint density at radius 3 is 1.95 bits per heavy atom. The Bertz CT molecular complexity index is 1520. The smallest absolute Gasteiger partial charge is 0.338 e. The summed E-state index contributed by atoms with van der Waals surface area (Å²) in [5, 5.41) is 33.3. The molecule has 0 radical (unpaired) electrons. The summed E-state index contributed by atoms with van der Waals surface area (Å²) >= 11 is 12.2. The van der Waals surface area contributed by atoms with Gasteiger partial charge in [-0.05, 0) is 47.5 Å². The fourth-order valence-electron chi connectivity index (χ4n) is 5.15. The number of carboxylic acids is 3. The van der Waals surface area contributed by atoms with Gasteiger partial charge in [0.15, 0.2) is 0 Å². The third kappa shape index (κ3) is 6.28. The number of carbonyl (C=O) groups excluding carboxylic acids is 2. The second-order valence-electron chi connectivity index (χ2n) is 9.87. The van der Waals surface area contributed by atoms with Crippen molar-refractivity contribution in [1.82, 2.24) is 5.32 Å². The maximum atomic E-state index is 13.2. The Labute approximate surface area is 243 Å². The number of ether oxygens (including phenoxy) is 1. The van der Waals surface area contributed by atoms with E-state index in [-0.39, 0.29) is 17.0 Å². The summed E-state index contributed by atoms with van der Waals surface area (Å²) in [6, 6.07) is 16.3. The summed E-state index contributed by atoms with van der Waals surface area (Å²) in [4.78, 5) is 61.5. The van der Waals surface area contributed by atoms with E-state index in [1.807, 2.05) is 24.3 Å². The highest BCUT2D eigenvalue weighted by molar-refractivity contribution is 6.42. The molecule has 0 aliphatic heterocycles. The van der Waals surface area contributed by atoms with E-state index in [4.69, 9.17) is 27.9 Å². The number of aliphatic carboxylic acids is 3. The number of carbonyl (C=O) groups is 5. The molecule has 41 heavy (non-hydrogen) atoms. The fourth-order valence-corrected chi connectivity index (χ4v) is 5.47. The monoisotopic (exact) mass is 601 g/mol. The molecule has 3 aromatic rings. The lowest BCUT2D eigenvalue weighted by Gasteiger charge is -2.44. The van der Waals surface area contributed by atoms with Gasteiger partial charge in [-0.15, -0.1) is 0 Å². The van der Waals surface area contributed by atoms with Crippen molar-refractivity contribution in [2.24, 2.45) is 23.7 Å². The summed E-state index contributed by atoms with van der Waals surface area (Å²) in [6.07, 6.45) is -0.956. The Balaban J connectivity index is 1.59. The van der Waals surface area contributed by atoms with Crippen LogP contribution in [0, 0.1) is 23.7 Å². The average Bonchev–Trinajstić information content (AvgIpc) is 2.88. The van der Waals surface area contributed by atoms with Gasteiger partial charge in [0.2, 0.25) is 5.91 Å². The lowest BCUT2D eigenvalue weighted by molar-refractivity contribution is -0.187. The van der Waals surface area contributed by atoms with Crippen LogP contribution in [0.1, 0.15) is 22.8 Å². The van der Waals surface area contributed by atoms with Gasteiger partial charge in [-0.2, -0.15) is 0 Å². The molecule has 0 unspecified atom stereocenters. The molecule has 1 amide bonds. The SMILES string of the molecule is C[C@H](NC(=O)[C@H]1[C@@H](C(=O)O)[C@H](C(=O)O)[C@@H]1C(=O)O)[C@@H](Cc1ccc(Cl)c(Cl)c1)OC(=O)c1ccc2ccccc2c1. The van der Waals surface area contributed by atoms with Crippen LogP contribution in [0.5, 0.6) is 0 Å². The van der Waals surface area contributed by atoms with Crippen molar-refractivity contribution in [2.75, 3.05) is 0 Å². The molecule has 1 fully saturated rings. The molecule has 1 aliphatic carbocycles. The van der Waals surface area contributed by atoms with E-state index in [0.29, 0.717) is 10.6 Å². The Kier molecular flexibility index (Phi) is 8.84. The maximum absolute atomic E-state index is 13.2.